The molecule has 0 spiro atoms. The van der Waals surface area contributed by atoms with Crippen LogP contribution in [0.3, 0.4) is 0 Å². The van der Waals surface area contributed by atoms with Gasteiger partial charge in [0, 0.05) is 17.0 Å². The van der Waals surface area contributed by atoms with Crippen molar-refractivity contribution in [2.75, 3.05) is 16.9 Å². The number of methoxy groups -OCH3 is 1. The fourth-order valence-electron chi connectivity index (χ4n) is 8.82. The number of phenolic OH excluding ortho intramolecular Hbond substituents is 1. The number of phenols is 1. The highest BCUT2D eigenvalue weighted by Crippen LogP contribution is 2.61. The summed E-state index contributed by atoms with van der Waals surface area (Å²) in [5, 5.41) is 10.2. The summed E-state index contributed by atoms with van der Waals surface area (Å²) in [7, 11) is 1.46. The van der Waals surface area contributed by atoms with Gasteiger partial charge < -0.3 is 9.84 Å². The first-order chi connectivity index (χ1) is 25.1. The quantitative estimate of drug-likeness (QED) is 0.131. The summed E-state index contributed by atoms with van der Waals surface area (Å²) in [4.78, 5) is 72.8. The molecule has 2 saturated heterocycles. The number of anilines is 2. The molecule has 6 atom stereocenters. The zero-order valence-electron chi connectivity index (χ0n) is 28.6. The van der Waals surface area contributed by atoms with Gasteiger partial charge in [0.2, 0.25) is 23.6 Å². The molecule has 9 nitrogen and oxygen atoms in total. The van der Waals surface area contributed by atoms with Crippen molar-refractivity contribution in [1.82, 2.24) is 0 Å². The number of allylic oxidation sites excluding steroid dienone is 3. The number of rotatable bonds is 7. The van der Waals surface area contributed by atoms with E-state index in [1.165, 1.54) is 23.0 Å². The van der Waals surface area contributed by atoms with Gasteiger partial charge >= 0.3 is 0 Å². The highest BCUT2D eigenvalue weighted by atomic mass is 16.5. The van der Waals surface area contributed by atoms with Gasteiger partial charge in [-0.15, -0.1) is 0 Å². The van der Waals surface area contributed by atoms with Gasteiger partial charge in [-0.3, -0.25) is 28.9 Å². The lowest BCUT2D eigenvalue weighted by atomic mass is 9.52. The van der Waals surface area contributed by atoms with E-state index in [2.05, 4.69) is 0 Å². The van der Waals surface area contributed by atoms with E-state index in [-0.39, 0.29) is 41.6 Å². The Bertz CT molecular complexity index is 2190. The Kier molecular flexibility index (Phi) is 8.01. The number of fused-ring (bicyclic) bond motifs is 4. The average molecular weight is 693 g/mol. The molecule has 9 heteroatoms. The fourth-order valence-corrected chi connectivity index (χ4v) is 8.82. The summed E-state index contributed by atoms with van der Waals surface area (Å²) in [5.41, 5.74) is 2.27. The van der Waals surface area contributed by atoms with Crippen molar-refractivity contribution in [3.8, 4) is 11.5 Å². The monoisotopic (exact) mass is 692 g/mol. The zero-order valence-corrected chi connectivity index (χ0v) is 28.6. The van der Waals surface area contributed by atoms with Crippen molar-refractivity contribution in [3.05, 3.63) is 138 Å². The number of ketones is 1. The number of benzene rings is 4. The van der Waals surface area contributed by atoms with Crippen LogP contribution >= 0.6 is 0 Å². The minimum Gasteiger partial charge on any atom is -0.504 e. The third kappa shape index (κ3) is 5.02. The lowest BCUT2D eigenvalue weighted by Gasteiger charge is -2.47. The molecule has 0 bridgehead atoms. The van der Waals surface area contributed by atoms with Crippen molar-refractivity contribution in [2.45, 2.75) is 19.8 Å². The van der Waals surface area contributed by atoms with Gasteiger partial charge in [-0.05, 0) is 79.8 Å². The number of carbonyl (C=O) groups excluding carboxylic acids is 5. The first-order valence-electron chi connectivity index (χ1n) is 17.4. The van der Waals surface area contributed by atoms with E-state index >= 15 is 0 Å². The predicted molar refractivity (Wildman–Crippen MR) is 194 cm³/mol. The Labute approximate surface area is 300 Å². The van der Waals surface area contributed by atoms with E-state index in [9.17, 15) is 29.1 Å². The Morgan fingerprint density at radius 3 is 2.13 bits per heavy atom. The fraction of sp³-hybridized carbons (Fsp3) is 0.233. The molecule has 4 aromatic rings. The van der Waals surface area contributed by atoms with Crippen LogP contribution in [0.1, 0.15) is 41.3 Å². The van der Waals surface area contributed by atoms with Crippen molar-refractivity contribution < 1.29 is 33.8 Å². The van der Waals surface area contributed by atoms with Crippen molar-refractivity contribution in [1.29, 1.82) is 0 Å². The summed E-state index contributed by atoms with van der Waals surface area (Å²) in [6.45, 7) is 1.84. The normalized spacial score (nSPS) is 26.7. The molecule has 4 aromatic carbocycles. The van der Waals surface area contributed by atoms with Crippen LogP contribution in [0.25, 0.3) is 6.08 Å². The smallest absolute Gasteiger partial charge is 0.241 e. The van der Waals surface area contributed by atoms with Gasteiger partial charge in [-0.2, -0.15) is 0 Å². The molecule has 2 aliphatic carbocycles. The molecule has 1 saturated carbocycles. The summed E-state index contributed by atoms with van der Waals surface area (Å²) >= 11 is 0. The molecule has 2 aliphatic heterocycles. The number of amides is 4. The Hall–Kier alpha value is -6.09. The second-order valence-electron chi connectivity index (χ2n) is 14.1. The standard InChI is InChI=1S/C43H36N2O7/c1-43-33(21-13-25-14-22-35(46)36(23-25)52-2)30-19-20-31-37(32(30)24-34(43)40(49)45(42(43)51)28-11-7-4-8-12-28)41(50)44(39(31)48)29-17-15-27(16-18-29)38(47)26-9-5-3-6-10-26/h3-19,21-23,31-34,37,46H,20,24H2,1-2H3/t31-,32+,33-,34-,37-,43-/m0/s1. The molecule has 1 N–H and O–H groups in total. The van der Waals surface area contributed by atoms with Gasteiger partial charge in [-0.1, -0.05) is 78.4 Å². The third-order valence-electron chi connectivity index (χ3n) is 11.5. The number of imide groups is 2. The minimum atomic E-state index is -1.16. The average Bonchev–Trinajstić information content (AvgIpc) is 3.54. The predicted octanol–water partition coefficient (Wildman–Crippen LogP) is 6.61. The van der Waals surface area contributed by atoms with Gasteiger partial charge in [0.05, 0.1) is 41.7 Å². The summed E-state index contributed by atoms with van der Waals surface area (Å²) in [6.07, 6.45) is 6.31. The second-order valence-corrected chi connectivity index (χ2v) is 14.1. The number of carbonyl (C=O) groups is 5. The van der Waals surface area contributed by atoms with Crippen LogP contribution in [0.4, 0.5) is 11.4 Å². The van der Waals surface area contributed by atoms with Gasteiger partial charge in [0.1, 0.15) is 0 Å². The number of aromatic hydroxyl groups is 1. The number of para-hydroxylation sites is 1. The molecule has 0 aromatic heterocycles. The first-order valence-corrected chi connectivity index (χ1v) is 17.4. The maximum atomic E-state index is 14.5. The van der Waals surface area contributed by atoms with Crippen molar-refractivity contribution in [3.63, 3.8) is 0 Å². The Morgan fingerprint density at radius 1 is 0.788 bits per heavy atom. The number of hydrogen-bond donors (Lipinski definition) is 1. The van der Waals surface area contributed by atoms with E-state index in [1.807, 2.05) is 37.3 Å². The maximum Gasteiger partial charge on any atom is 0.241 e. The van der Waals surface area contributed by atoms with Gasteiger partial charge in [0.25, 0.3) is 0 Å². The number of ether oxygens (including phenoxy) is 1. The third-order valence-corrected chi connectivity index (χ3v) is 11.5. The molecule has 4 aliphatic rings. The molecule has 4 amide bonds. The maximum absolute atomic E-state index is 14.5. The largest absolute Gasteiger partial charge is 0.504 e. The van der Waals surface area contributed by atoms with Crippen molar-refractivity contribution >= 4 is 46.9 Å². The van der Waals surface area contributed by atoms with E-state index in [1.54, 1.807) is 84.9 Å². The Morgan fingerprint density at radius 2 is 1.44 bits per heavy atom. The van der Waals surface area contributed by atoms with Gasteiger partial charge in [0.15, 0.2) is 17.3 Å². The van der Waals surface area contributed by atoms with Crippen molar-refractivity contribution in [2.24, 2.45) is 35.0 Å². The van der Waals surface area contributed by atoms with E-state index in [4.69, 9.17) is 4.74 Å². The van der Waals surface area contributed by atoms with Crippen LogP contribution in [-0.4, -0.2) is 41.6 Å². The highest BCUT2D eigenvalue weighted by molar-refractivity contribution is 6.25. The number of hydrogen-bond acceptors (Lipinski definition) is 7. The van der Waals surface area contributed by atoms with Crippen LogP contribution in [0.2, 0.25) is 0 Å². The molecule has 8 rings (SSSR count). The van der Waals surface area contributed by atoms with Crippen LogP contribution in [0, 0.1) is 35.0 Å². The topological polar surface area (TPSA) is 121 Å². The van der Waals surface area contributed by atoms with Crippen LogP contribution in [0.15, 0.2) is 121 Å². The molecule has 52 heavy (non-hydrogen) atoms. The zero-order chi connectivity index (χ0) is 36.3. The van der Waals surface area contributed by atoms with Crippen LogP contribution in [0.5, 0.6) is 11.5 Å². The molecule has 0 unspecified atom stereocenters. The molecule has 2 heterocycles. The van der Waals surface area contributed by atoms with Crippen LogP contribution in [-0.2, 0) is 19.2 Å². The summed E-state index contributed by atoms with van der Waals surface area (Å²) in [5.74, 6) is -4.30. The first kappa shape index (κ1) is 33.1. The lowest BCUT2D eigenvalue weighted by Crippen LogP contribution is -2.49. The highest BCUT2D eigenvalue weighted by Gasteiger charge is 2.67. The van der Waals surface area contributed by atoms with Crippen LogP contribution < -0.4 is 14.5 Å². The van der Waals surface area contributed by atoms with E-state index in [0.29, 0.717) is 34.7 Å². The molecular formula is C43H36N2O7. The minimum absolute atomic E-state index is 0.00749. The molecular weight excluding hydrogens is 656 g/mol. The summed E-state index contributed by atoms with van der Waals surface area (Å²) < 4.78 is 5.31. The number of nitrogens with zero attached hydrogens (tertiary/aromatic N) is 2. The lowest BCUT2D eigenvalue weighted by molar-refractivity contribution is -0.132. The van der Waals surface area contributed by atoms with Gasteiger partial charge in [-0.25, -0.2) is 4.90 Å². The second kappa shape index (κ2) is 12.6. The summed E-state index contributed by atoms with van der Waals surface area (Å²) in [6, 6.07) is 29.2. The Balaban J connectivity index is 1.16. The SMILES string of the molecule is COc1cc(C=C[C@H]2C3=CC[C@@H]4C(=O)N(c5ccc(C(=O)c6ccccc6)cc5)C(=O)[C@@H]4[C@@H]3C[C@H]3C(=O)N(c4ccccc4)C(=O)[C@@]23C)ccc1O. The van der Waals surface area contributed by atoms with E-state index < -0.39 is 35.0 Å². The molecule has 260 valence electrons. The molecule has 0 radical (unpaired) electrons. The van der Waals surface area contributed by atoms with E-state index in [0.717, 1.165) is 11.1 Å². The molecule has 3 fully saturated rings.